The normalized spacial score (nSPS) is 12.2. The molecule has 0 spiro atoms. The molecule has 0 fully saturated rings. The second-order valence-electron chi connectivity index (χ2n) is 7.01. The lowest BCUT2D eigenvalue weighted by Crippen LogP contribution is -2.24. The molecule has 0 aliphatic heterocycles. The number of rotatable bonds is 5. The van der Waals surface area contributed by atoms with Crippen LogP contribution in [-0.4, -0.2) is 24.9 Å². The number of hydrogen-bond donors (Lipinski definition) is 0. The fourth-order valence-electron chi connectivity index (χ4n) is 3.57. The smallest absolute Gasteiger partial charge is 0.261 e. The number of fused-ring (bicyclic) bond motifs is 2. The predicted octanol–water partition coefficient (Wildman–Crippen LogP) is 2.86. The monoisotopic (exact) mass is 385 g/mol. The van der Waals surface area contributed by atoms with E-state index < -0.39 is 5.92 Å². The number of nitrogens with zero attached hydrogens (tertiary/aromatic N) is 5. The lowest BCUT2D eigenvalue weighted by molar-refractivity contribution is -0.119. The molecule has 0 bridgehead atoms. The Kier molecular flexibility index (Phi) is 4.69. The van der Waals surface area contributed by atoms with Gasteiger partial charge in [0.15, 0.2) is 11.7 Å². The van der Waals surface area contributed by atoms with E-state index in [9.17, 15) is 14.9 Å². The zero-order valence-electron chi connectivity index (χ0n) is 16.2. The average Bonchev–Trinajstić information content (AvgIpc) is 3.05. The lowest BCUT2D eigenvalue weighted by Gasteiger charge is -2.10. The van der Waals surface area contributed by atoms with Crippen molar-refractivity contribution in [2.75, 3.05) is 0 Å². The van der Waals surface area contributed by atoms with Crippen molar-refractivity contribution in [3.63, 3.8) is 0 Å². The minimum atomic E-state index is -0.987. The molecule has 2 aromatic carbocycles. The number of ketones is 1. The number of benzene rings is 2. The summed E-state index contributed by atoms with van der Waals surface area (Å²) in [4.78, 5) is 34.3. The Morgan fingerprint density at radius 2 is 2.00 bits per heavy atom. The van der Waals surface area contributed by atoms with Gasteiger partial charge in [-0.2, -0.15) is 5.26 Å². The van der Waals surface area contributed by atoms with Crippen LogP contribution in [0, 0.1) is 18.3 Å². The van der Waals surface area contributed by atoms with Crippen molar-refractivity contribution in [1.82, 2.24) is 19.1 Å². The van der Waals surface area contributed by atoms with E-state index in [1.54, 1.807) is 17.7 Å². The van der Waals surface area contributed by atoms with E-state index in [0.717, 1.165) is 16.6 Å². The number of hydrogen-bond acceptors (Lipinski definition) is 5. The second kappa shape index (κ2) is 7.32. The minimum absolute atomic E-state index is 0.0420. The van der Waals surface area contributed by atoms with E-state index >= 15 is 0 Å². The summed E-state index contributed by atoms with van der Waals surface area (Å²) in [6, 6.07) is 15.0. The molecular weight excluding hydrogens is 366 g/mol. The Morgan fingerprint density at radius 3 is 2.76 bits per heavy atom. The molecule has 7 heteroatoms. The SMILES string of the molecule is Cc1cccc2c(=O)n(CCC(=O)C(C#N)c3nc4ccccc4n3C)cnc12. The van der Waals surface area contributed by atoms with Crippen LogP contribution < -0.4 is 5.56 Å². The van der Waals surface area contributed by atoms with E-state index in [1.807, 2.05) is 43.3 Å². The summed E-state index contributed by atoms with van der Waals surface area (Å²) < 4.78 is 3.19. The van der Waals surface area contributed by atoms with Crippen LogP contribution in [-0.2, 0) is 18.4 Å². The number of para-hydroxylation sites is 3. The van der Waals surface area contributed by atoms with Crippen LogP contribution >= 0.6 is 0 Å². The largest absolute Gasteiger partial charge is 0.330 e. The standard InChI is InChI=1S/C22H19N5O2/c1-14-6-5-7-15-20(14)24-13-27(22(15)29)11-10-19(28)16(12-23)21-25-17-8-3-4-9-18(17)26(21)2/h3-9,13,16H,10-11H2,1-2H3. The number of aryl methyl sites for hydroxylation is 3. The van der Waals surface area contributed by atoms with Crippen molar-refractivity contribution in [1.29, 1.82) is 5.26 Å². The summed E-state index contributed by atoms with van der Waals surface area (Å²) in [5.74, 6) is -0.848. The number of carbonyl (C=O) groups excluding carboxylic acids is 1. The highest BCUT2D eigenvalue weighted by Gasteiger charge is 2.25. The molecule has 0 aliphatic rings. The molecule has 2 heterocycles. The van der Waals surface area contributed by atoms with Gasteiger partial charge in [0.25, 0.3) is 5.56 Å². The maximum absolute atomic E-state index is 12.8. The molecule has 0 radical (unpaired) electrons. The summed E-state index contributed by atoms with van der Waals surface area (Å²) in [7, 11) is 1.79. The number of aromatic nitrogens is 4. The van der Waals surface area contributed by atoms with Crippen LogP contribution in [0.25, 0.3) is 21.9 Å². The molecule has 1 atom stereocenters. The molecule has 4 rings (SSSR count). The molecule has 7 nitrogen and oxygen atoms in total. The van der Waals surface area contributed by atoms with E-state index in [1.165, 1.54) is 10.9 Å². The summed E-state index contributed by atoms with van der Waals surface area (Å²) in [6.45, 7) is 2.06. The summed E-state index contributed by atoms with van der Waals surface area (Å²) in [5.41, 5.74) is 3.00. The maximum Gasteiger partial charge on any atom is 0.261 e. The van der Waals surface area contributed by atoms with E-state index in [-0.39, 0.29) is 24.3 Å². The Morgan fingerprint density at radius 1 is 1.21 bits per heavy atom. The minimum Gasteiger partial charge on any atom is -0.330 e. The van der Waals surface area contributed by atoms with E-state index in [2.05, 4.69) is 16.0 Å². The van der Waals surface area contributed by atoms with Gasteiger partial charge in [-0.25, -0.2) is 9.97 Å². The van der Waals surface area contributed by atoms with Gasteiger partial charge in [0.1, 0.15) is 5.82 Å². The van der Waals surface area contributed by atoms with Gasteiger partial charge in [0.2, 0.25) is 0 Å². The van der Waals surface area contributed by atoms with Gasteiger partial charge in [0, 0.05) is 20.0 Å². The average molecular weight is 385 g/mol. The summed E-state index contributed by atoms with van der Waals surface area (Å²) in [5, 5.41) is 10.1. The van der Waals surface area contributed by atoms with Crippen molar-refractivity contribution >= 4 is 27.7 Å². The van der Waals surface area contributed by atoms with Crippen LogP contribution in [0.15, 0.2) is 53.6 Å². The fraction of sp³-hybridized carbons (Fsp3) is 0.227. The molecule has 144 valence electrons. The molecule has 2 aromatic heterocycles. The number of carbonyl (C=O) groups is 1. The number of nitriles is 1. The molecular formula is C22H19N5O2. The first kappa shape index (κ1) is 18.6. The van der Waals surface area contributed by atoms with E-state index in [4.69, 9.17) is 0 Å². The topological polar surface area (TPSA) is 93.6 Å². The zero-order chi connectivity index (χ0) is 20.5. The molecule has 0 saturated heterocycles. The van der Waals surface area contributed by atoms with Gasteiger partial charge in [-0.1, -0.05) is 24.3 Å². The van der Waals surface area contributed by atoms with Crippen molar-refractivity contribution in [2.24, 2.45) is 7.05 Å². The molecule has 0 aliphatic carbocycles. The first-order valence-corrected chi connectivity index (χ1v) is 9.29. The first-order valence-electron chi connectivity index (χ1n) is 9.29. The van der Waals surface area contributed by atoms with Gasteiger partial charge in [0.05, 0.1) is 34.3 Å². The van der Waals surface area contributed by atoms with Gasteiger partial charge < -0.3 is 4.57 Å². The quantitative estimate of drug-likeness (QED) is 0.527. The highest BCUT2D eigenvalue weighted by atomic mass is 16.1. The van der Waals surface area contributed by atoms with Crippen molar-refractivity contribution < 1.29 is 4.79 Å². The summed E-state index contributed by atoms with van der Waals surface area (Å²) >= 11 is 0. The summed E-state index contributed by atoms with van der Waals surface area (Å²) in [6.07, 6.45) is 1.50. The van der Waals surface area contributed by atoms with Crippen LogP contribution in [0.2, 0.25) is 0 Å². The Hall–Kier alpha value is -3.79. The fourth-order valence-corrected chi connectivity index (χ4v) is 3.57. The third-order valence-corrected chi connectivity index (χ3v) is 5.19. The van der Waals surface area contributed by atoms with Gasteiger partial charge in [-0.15, -0.1) is 0 Å². The van der Waals surface area contributed by atoms with Gasteiger partial charge in [-0.3, -0.25) is 14.2 Å². The van der Waals surface area contributed by atoms with Crippen molar-refractivity contribution in [3.05, 3.63) is 70.5 Å². The van der Waals surface area contributed by atoms with Crippen LogP contribution in [0.1, 0.15) is 23.7 Å². The number of imidazole rings is 1. The Balaban J connectivity index is 1.59. The molecule has 0 N–H and O–H groups in total. The number of Topliss-reactive ketones (excluding diaryl/α,β-unsaturated/α-hetero) is 1. The molecule has 29 heavy (non-hydrogen) atoms. The third kappa shape index (κ3) is 3.19. The van der Waals surface area contributed by atoms with Gasteiger partial charge in [-0.05, 0) is 30.7 Å². The van der Waals surface area contributed by atoms with Crippen LogP contribution in [0.5, 0.6) is 0 Å². The highest BCUT2D eigenvalue weighted by Crippen LogP contribution is 2.22. The molecule has 1 unspecified atom stereocenters. The predicted molar refractivity (Wildman–Crippen MR) is 109 cm³/mol. The second-order valence-corrected chi connectivity index (χ2v) is 7.01. The molecule has 0 saturated carbocycles. The van der Waals surface area contributed by atoms with Crippen LogP contribution in [0.4, 0.5) is 0 Å². The lowest BCUT2D eigenvalue weighted by atomic mass is 10.0. The molecule has 4 aromatic rings. The van der Waals surface area contributed by atoms with Crippen molar-refractivity contribution in [3.8, 4) is 6.07 Å². The van der Waals surface area contributed by atoms with Crippen LogP contribution in [0.3, 0.4) is 0 Å². The maximum atomic E-state index is 12.8. The highest BCUT2D eigenvalue weighted by molar-refractivity contribution is 5.89. The zero-order valence-corrected chi connectivity index (χ0v) is 16.2. The third-order valence-electron chi connectivity index (χ3n) is 5.19. The van der Waals surface area contributed by atoms with Gasteiger partial charge >= 0.3 is 0 Å². The van der Waals surface area contributed by atoms with Crippen molar-refractivity contribution in [2.45, 2.75) is 25.8 Å². The molecule has 0 amide bonds. The first-order chi connectivity index (χ1) is 14.0. The Bertz CT molecular complexity index is 1340. The Labute approximate surface area is 166 Å². The van der Waals surface area contributed by atoms with E-state index in [0.29, 0.717) is 16.7 Å².